The zero-order valence-electron chi connectivity index (χ0n) is 13.2. The normalized spacial score (nSPS) is 12.0. The van der Waals surface area contributed by atoms with Crippen molar-refractivity contribution in [1.29, 1.82) is 0 Å². The topological polar surface area (TPSA) is 38.7 Å². The second kappa shape index (κ2) is 12.9. The zero-order valence-corrected chi connectivity index (χ0v) is 13.2. The van der Waals surface area contributed by atoms with Crippen LogP contribution in [0.25, 0.3) is 0 Å². The van der Waals surface area contributed by atoms with Gasteiger partial charge in [-0.15, -0.1) is 0 Å². The van der Waals surface area contributed by atoms with Gasteiger partial charge in [-0.3, -0.25) is 0 Å². The monoisotopic (exact) mass is 274 g/mol. The van der Waals surface area contributed by atoms with E-state index in [0.29, 0.717) is 19.6 Å². The molecule has 0 saturated carbocycles. The highest BCUT2D eigenvalue weighted by atomic mass is 16.8. The maximum Gasteiger partial charge on any atom is 0.280 e. The van der Waals surface area contributed by atoms with Crippen molar-refractivity contribution in [1.82, 2.24) is 0 Å². The first kappa shape index (κ1) is 18.9. The van der Waals surface area contributed by atoms with Crippen molar-refractivity contribution >= 4 is 0 Å². The van der Waals surface area contributed by atoms with Crippen molar-refractivity contribution in [3.8, 4) is 0 Å². The van der Waals surface area contributed by atoms with Crippen molar-refractivity contribution < 1.29 is 14.6 Å². The van der Waals surface area contributed by atoms with Gasteiger partial charge in [-0.1, -0.05) is 58.3 Å². The van der Waals surface area contributed by atoms with Crippen molar-refractivity contribution in [2.45, 2.75) is 91.0 Å². The van der Waals surface area contributed by atoms with Crippen LogP contribution in [0.3, 0.4) is 0 Å². The molecule has 1 N–H and O–H groups in total. The zero-order chi connectivity index (χ0) is 14.4. The molecule has 116 valence electrons. The van der Waals surface area contributed by atoms with E-state index in [2.05, 4.69) is 6.92 Å². The highest BCUT2D eigenvalue weighted by molar-refractivity contribution is 4.56. The highest BCUT2D eigenvalue weighted by Gasteiger charge is 2.26. The van der Waals surface area contributed by atoms with Crippen molar-refractivity contribution in [3.05, 3.63) is 0 Å². The fraction of sp³-hybridized carbons (Fsp3) is 1.00. The molecular weight excluding hydrogens is 240 g/mol. The van der Waals surface area contributed by atoms with E-state index in [1.807, 2.05) is 13.8 Å². The minimum absolute atomic E-state index is 0.480. The molecule has 0 aliphatic heterocycles. The maximum absolute atomic E-state index is 10.1. The molecule has 0 aliphatic carbocycles. The molecule has 0 amide bonds. The van der Waals surface area contributed by atoms with E-state index >= 15 is 0 Å². The van der Waals surface area contributed by atoms with Gasteiger partial charge in [-0.2, -0.15) is 0 Å². The molecule has 0 aromatic heterocycles. The summed E-state index contributed by atoms with van der Waals surface area (Å²) in [6.07, 6.45) is 12.0. The molecule has 0 saturated heterocycles. The Morgan fingerprint density at radius 1 is 0.684 bits per heavy atom. The lowest BCUT2D eigenvalue weighted by Gasteiger charge is -2.26. The number of aliphatic hydroxyl groups is 1. The molecule has 0 bridgehead atoms. The Morgan fingerprint density at radius 2 is 1.11 bits per heavy atom. The summed E-state index contributed by atoms with van der Waals surface area (Å²) in [5, 5.41) is 10.1. The Labute approximate surface area is 119 Å². The summed E-state index contributed by atoms with van der Waals surface area (Å²) < 4.78 is 10.6. The standard InChI is InChI=1S/C16H34O3/c1-4-7-8-9-10-11-12-13-14-15-16(17,18-5-2)19-6-3/h17H,4-15H2,1-3H3. The Morgan fingerprint density at radius 3 is 1.53 bits per heavy atom. The van der Waals surface area contributed by atoms with E-state index in [1.54, 1.807) is 0 Å². The van der Waals surface area contributed by atoms with E-state index in [0.717, 1.165) is 12.8 Å². The first-order valence-corrected chi connectivity index (χ1v) is 8.18. The minimum atomic E-state index is -1.36. The average molecular weight is 274 g/mol. The van der Waals surface area contributed by atoms with Crippen LogP contribution in [0, 0.1) is 0 Å². The Balaban J connectivity index is 3.44. The Hall–Kier alpha value is -0.120. The molecule has 0 aliphatic rings. The summed E-state index contributed by atoms with van der Waals surface area (Å²) in [4.78, 5) is 0. The molecule has 0 rings (SSSR count). The fourth-order valence-corrected chi connectivity index (χ4v) is 2.30. The van der Waals surface area contributed by atoms with Crippen molar-refractivity contribution in [2.24, 2.45) is 0 Å². The lowest BCUT2D eigenvalue weighted by atomic mass is 10.1. The lowest BCUT2D eigenvalue weighted by molar-refractivity contribution is -0.360. The third-order valence-corrected chi connectivity index (χ3v) is 3.34. The number of hydrogen-bond donors (Lipinski definition) is 1. The largest absolute Gasteiger partial charge is 0.343 e. The molecule has 0 atom stereocenters. The molecule has 19 heavy (non-hydrogen) atoms. The smallest absolute Gasteiger partial charge is 0.280 e. The fourth-order valence-electron chi connectivity index (χ4n) is 2.30. The molecular formula is C16H34O3. The predicted octanol–water partition coefficient (Wildman–Crippen LogP) is 4.63. The molecule has 0 fully saturated rings. The molecule has 3 heteroatoms. The first-order valence-electron chi connectivity index (χ1n) is 8.18. The number of ether oxygens (including phenoxy) is 2. The number of rotatable bonds is 14. The lowest BCUT2D eigenvalue weighted by Crippen LogP contribution is -2.35. The van der Waals surface area contributed by atoms with Gasteiger partial charge in [-0.05, 0) is 20.3 Å². The second-order valence-electron chi connectivity index (χ2n) is 5.16. The van der Waals surface area contributed by atoms with Crippen molar-refractivity contribution in [2.75, 3.05) is 13.2 Å². The van der Waals surface area contributed by atoms with Gasteiger partial charge < -0.3 is 14.6 Å². The van der Waals surface area contributed by atoms with Crippen LogP contribution in [0.4, 0.5) is 0 Å². The van der Waals surface area contributed by atoms with Gasteiger partial charge in [0.05, 0.1) is 0 Å². The van der Waals surface area contributed by atoms with Crippen LogP contribution >= 0.6 is 0 Å². The second-order valence-corrected chi connectivity index (χ2v) is 5.16. The van der Waals surface area contributed by atoms with Gasteiger partial charge in [0.2, 0.25) is 0 Å². The number of unbranched alkanes of at least 4 members (excludes halogenated alkanes) is 8. The van der Waals surface area contributed by atoms with Crippen LogP contribution in [0.15, 0.2) is 0 Å². The van der Waals surface area contributed by atoms with Crippen LogP contribution in [0.1, 0.15) is 85.0 Å². The van der Waals surface area contributed by atoms with E-state index in [-0.39, 0.29) is 0 Å². The van der Waals surface area contributed by atoms with Gasteiger partial charge in [0.1, 0.15) is 0 Å². The SMILES string of the molecule is CCCCCCCCCCCC(O)(OCC)OCC. The van der Waals surface area contributed by atoms with Crippen molar-refractivity contribution in [3.63, 3.8) is 0 Å². The van der Waals surface area contributed by atoms with E-state index < -0.39 is 5.97 Å². The van der Waals surface area contributed by atoms with Gasteiger partial charge in [-0.25, -0.2) is 0 Å². The predicted molar refractivity (Wildman–Crippen MR) is 80.0 cm³/mol. The summed E-state index contributed by atoms with van der Waals surface area (Å²) in [6.45, 7) is 6.96. The van der Waals surface area contributed by atoms with E-state index in [4.69, 9.17) is 9.47 Å². The van der Waals surface area contributed by atoms with Gasteiger partial charge >= 0.3 is 0 Å². The van der Waals surface area contributed by atoms with Crippen LogP contribution in [0.5, 0.6) is 0 Å². The van der Waals surface area contributed by atoms with Gasteiger partial charge in [0.15, 0.2) is 0 Å². The Bertz CT molecular complexity index is 177. The third-order valence-electron chi connectivity index (χ3n) is 3.34. The highest BCUT2D eigenvalue weighted by Crippen LogP contribution is 2.19. The molecule has 0 unspecified atom stereocenters. The molecule has 0 aromatic rings. The van der Waals surface area contributed by atoms with Crippen LogP contribution in [-0.4, -0.2) is 24.3 Å². The molecule has 0 spiro atoms. The molecule has 3 nitrogen and oxygen atoms in total. The molecule has 0 radical (unpaired) electrons. The van der Waals surface area contributed by atoms with Crippen LogP contribution in [0.2, 0.25) is 0 Å². The minimum Gasteiger partial charge on any atom is -0.343 e. The molecule has 0 aromatic carbocycles. The molecule has 0 heterocycles. The van der Waals surface area contributed by atoms with Crippen LogP contribution < -0.4 is 0 Å². The Kier molecular flexibility index (Phi) is 12.8. The average Bonchev–Trinajstić information content (AvgIpc) is 2.37. The quantitative estimate of drug-likeness (QED) is 0.371. The number of hydrogen-bond acceptors (Lipinski definition) is 3. The summed E-state index contributed by atoms with van der Waals surface area (Å²) in [5.74, 6) is -1.36. The summed E-state index contributed by atoms with van der Waals surface area (Å²) in [5.41, 5.74) is 0. The summed E-state index contributed by atoms with van der Waals surface area (Å²) >= 11 is 0. The first-order chi connectivity index (χ1) is 9.18. The van der Waals surface area contributed by atoms with Gasteiger partial charge in [0.25, 0.3) is 5.97 Å². The summed E-state index contributed by atoms with van der Waals surface area (Å²) in [7, 11) is 0. The van der Waals surface area contributed by atoms with E-state index in [9.17, 15) is 5.11 Å². The summed E-state index contributed by atoms with van der Waals surface area (Å²) in [6, 6.07) is 0. The third kappa shape index (κ3) is 11.4. The van der Waals surface area contributed by atoms with E-state index in [1.165, 1.54) is 44.9 Å². The van der Waals surface area contributed by atoms with Crippen LogP contribution in [-0.2, 0) is 9.47 Å². The van der Waals surface area contributed by atoms with Gasteiger partial charge in [0, 0.05) is 19.6 Å². The maximum atomic E-state index is 10.1.